The van der Waals surface area contributed by atoms with E-state index in [4.69, 9.17) is 4.52 Å². The van der Waals surface area contributed by atoms with Crippen LogP contribution in [-0.4, -0.2) is 60.2 Å². The van der Waals surface area contributed by atoms with Crippen LogP contribution in [0.1, 0.15) is 37.6 Å². The molecular weight excluding hydrogens is 417 g/mol. The zero-order valence-corrected chi connectivity index (χ0v) is 17.3. The topological polar surface area (TPSA) is 56.9 Å². The van der Waals surface area contributed by atoms with Gasteiger partial charge >= 0.3 is 0 Å². The Bertz CT molecular complexity index is 539. The summed E-state index contributed by atoms with van der Waals surface area (Å²) in [6, 6.07) is 2.66. The molecule has 6 nitrogen and oxygen atoms in total. The van der Waals surface area contributed by atoms with Crippen LogP contribution >= 0.6 is 24.0 Å². The molecule has 2 unspecified atom stereocenters. The first kappa shape index (κ1) is 19.5. The SMILES string of the molecule is CCCC1CC1NC(=NC)N1CCN(Cc2cc(C)on2)CC1.I. The average molecular weight is 447 g/mol. The number of hydrogen-bond acceptors (Lipinski definition) is 4. The van der Waals surface area contributed by atoms with Crippen LogP contribution in [0.5, 0.6) is 0 Å². The number of aliphatic imine (C=N–C) groups is 1. The number of halogens is 1. The van der Waals surface area contributed by atoms with Crippen LogP contribution in [0.3, 0.4) is 0 Å². The second-order valence-electron chi connectivity index (χ2n) is 6.77. The predicted molar refractivity (Wildman–Crippen MR) is 107 cm³/mol. The molecule has 1 aromatic rings. The highest BCUT2D eigenvalue weighted by Crippen LogP contribution is 2.34. The summed E-state index contributed by atoms with van der Waals surface area (Å²) in [6.07, 6.45) is 3.92. The van der Waals surface area contributed by atoms with Gasteiger partial charge in [0.2, 0.25) is 0 Å². The molecule has 0 aromatic carbocycles. The molecule has 1 saturated carbocycles. The lowest BCUT2D eigenvalue weighted by atomic mass is 10.2. The van der Waals surface area contributed by atoms with E-state index in [1.807, 2.05) is 20.0 Å². The zero-order chi connectivity index (χ0) is 16.2. The molecule has 3 rings (SSSR count). The van der Waals surface area contributed by atoms with Crippen molar-refractivity contribution in [2.45, 2.75) is 45.7 Å². The summed E-state index contributed by atoms with van der Waals surface area (Å²) in [5.74, 6) is 2.81. The Morgan fingerprint density at radius 1 is 1.38 bits per heavy atom. The molecule has 1 aromatic heterocycles. The minimum absolute atomic E-state index is 0. The lowest BCUT2D eigenvalue weighted by molar-refractivity contribution is 0.168. The third-order valence-corrected chi connectivity index (χ3v) is 4.84. The molecule has 1 aliphatic carbocycles. The number of hydrogen-bond donors (Lipinski definition) is 1. The first-order chi connectivity index (χ1) is 11.2. The van der Waals surface area contributed by atoms with E-state index in [0.29, 0.717) is 6.04 Å². The minimum atomic E-state index is 0. The quantitative estimate of drug-likeness (QED) is 0.427. The number of aromatic nitrogens is 1. The van der Waals surface area contributed by atoms with Crippen molar-refractivity contribution in [3.8, 4) is 0 Å². The van der Waals surface area contributed by atoms with Crippen molar-refractivity contribution in [1.82, 2.24) is 20.3 Å². The molecule has 2 heterocycles. The highest BCUT2D eigenvalue weighted by atomic mass is 127. The molecule has 2 fully saturated rings. The van der Waals surface area contributed by atoms with Crippen molar-refractivity contribution in [2.75, 3.05) is 33.2 Å². The molecule has 2 aliphatic rings. The highest BCUT2D eigenvalue weighted by Gasteiger charge is 2.37. The van der Waals surface area contributed by atoms with E-state index in [-0.39, 0.29) is 24.0 Å². The Morgan fingerprint density at radius 2 is 2.12 bits per heavy atom. The Balaban J connectivity index is 0.00000208. The van der Waals surface area contributed by atoms with Gasteiger partial charge in [-0.3, -0.25) is 9.89 Å². The molecule has 136 valence electrons. The van der Waals surface area contributed by atoms with Crippen LogP contribution in [0.15, 0.2) is 15.6 Å². The largest absolute Gasteiger partial charge is 0.361 e. The van der Waals surface area contributed by atoms with Gasteiger partial charge in [0.05, 0.1) is 5.69 Å². The monoisotopic (exact) mass is 447 g/mol. The van der Waals surface area contributed by atoms with Gasteiger partial charge in [0.1, 0.15) is 5.76 Å². The number of aryl methyl sites for hydroxylation is 1. The fraction of sp³-hybridized carbons (Fsp3) is 0.765. The van der Waals surface area contributed by atoms with Crippen LogP contribution in [-0.2, 0) is 6.54 Å². The van der Waals surface area contributed by atoms with Crippen LogP contribution < -0.4 is 5.32 Å². The molecule has 0 radical (unpaired) electrons. The van der Waals surface area contributed by atoms with E-state index in [1.54, 1.807) is 0 Å². The minimum Gasteiger partial charge on any atom is -0.361 e. The molecule has 0 spiro atoms. The number of nitrogens with one attached hydrogen (secondary N) is 1. The summed E-state index contributed by atoms with van der Waals surface area (Å²) in [5.41, 5.74) is 1.03. The number of guanidine groups is 1. The van der Waals surface area contributed by atoms with Gasteiger partial charge in [0.15, 0.2) is 5.96 Å². The second kappa shape index (κ2) is 9.03. The molecule has 1 saturated heterocycles. The van der Waals surface area contributed by atoms with Crippen molar-refractivity contribution in [2.24, 2.45) is 10.9 Å². The van der Waals surface area contributed by atoms with Crippen molar-refractivity contribution in [3.63, 3.8) is 0 Å². The van der Waals surface area contributed by atoms with E-state index >= 15 is 0 Å². The highest BCUT2D eigenvalue weighted by molar-refractivity contribution is 14.0. The smallest absolute Gasteiger partial charge is 0.193 e. The van der Waals surface area contributed by atoms with Crippen LogP contribution in [0, 0.1) is 12.8 Å². The van der Waals surface area contributed by atoms with Gasteiger partial charge in [0, 0.05) is 51.9 Å². The molecule has 1 aliphatic heterocycles. The lowest BCUT2D eigenvalue weighted by Gasteiger charge is -2.36. The van der Waals surface area contributed by atoms with Gasteiger partial charge in [-0.2, -0.15) is 0 Å². The fourth-order valence-electron chi connectivity index (χ4n) is 3.42. The van der Waals surface area contributed by atoms with Gasteiger partial charge in [-0.25, -0.2) is 0 Å². The van der Waals surface area contributed by atoms with Gasteiger partial charge in [-0.1, -0.05) is 18.5 Å². The standard InChI is InChI=1S/C17H29N5O.HI/c1-4-5-14-11-16(14)19-17(18-3)22-8-6-21(7-9-22)12-15-10-13(2)23-20-15;/h10,14,16H,4-9,11-12H2,1-3H3,(H,18,19);1H. The summed E-state index contributed by atoms with van der Waals surface area (Å²) in [5, 5.41) is 7.73. The maximum Gasteiger partial charge on any atom is 0.193 e. The van der Waals surface area contributed by atoms with E-state index in [2.05, 4.69) is 32.2 Å². The molecule has 2 atom stereocenters. The predicted octanol–water partition coefficient (Wildman–Crippen LogP) is 2.48. The van der Waals surface area contributed by atoms with E-state index in [1.165, 1.54) is 19.3 Å². The summed E-state index contributed by atoms with van der Waals surface area (Å²) >= 11 is 0. The number of rotatable bonds is 5. The van der Waals surface area contributed by atoms with Gasteiger partial charge < -0.3 is 14.7 Å². The summed E-state index contributed by atoms with van der Waals surface area (Å²) in [7, 11) is 1.89. The summed E-state index contributed by atoms with van der Waals surface area (Å²) < 4.78 is 5.15. The molecular formula is C17H30IN5O. The third kappa shape index (κ3) is 5.08. The molecule has 0 amide bonds. The summed E-state index contributed by atoms with van der Waals surface area (Å²) in [6.45, 7) is 9.18. The first-order valence-corrected chi connectivity index (χ1v) is 8.82. The second-order valence-corrected chi connectivity index (χ2v) is 6.77. The van der Waals surface area contributed by atoms with E-state index < -0.39 is 0 Å². The van der Waals surface area contributed by atoms with Crippen molar-refractivity contribution in [3.05, 3.63) is 17.5 Å². The van der Waals surface area contributed by atoms with Gasteiger partial charge in [0.25, 0.3) is 0 Å². The molecule has 7 heteroatoms. The molecule has 0 bridgehead atoms. The first-order valence-electron chi connectivity index (χ1n) is 8.82. The average Bonchev–Trinajstić information content (AvgIpc) is 3.16. The maximum atomic E-state index is 5.15. The van der Waals surface area contributed by atoms with Crippen molar-refractivity contribution < 1.29 is 4.52 Å². The lowest BCUT2D eigenvalue weighted by Crippen LogP contribution is -2.52. The Hall–Kier alpha value is -0.830. The molecule has 1 N–H and O–H groups in total. The Labute approximate surface area is 162 Å². The Morgan fingerprint density at radius 3 is 2.71 bits per heavy atom. The van der Waals surface area contributed by atoms with Gasteiger partial charge in [-0.15, -0.1) is 24.0 Å². The van der Waals surface area contributed by atoms with E-state index in [9.17, 15) is 0 Å². The maximum absolute atomic E-state index is 5.15. The summed E-state index contributed by atoms with van der Waals surface area (Å²) in [4.78, 5) is 9.29. The molecule has 24 heavy (non-hydrogen) atoms. The fourth-order valence-corrected chi connectivity index (χ4v) is 3.42. The third-order valence-electron chi connectivity index (χ3n) is 4.84. The van der Waals surface area contributed by atoms with Crippen LogP contribution in [0.4, 0.5) is 0 Å². The van der Waals surface area contributed by atoms with Crippen LogP contribution in [0.25, 0.3) is 0 Å². The Kier molecular flexibility index (Phi) is 7.34. The number of nitrogens with zero attached hydrogens (tertiary/aromatic N) is 4. The zero-order valence-electron chi connectivity index (χ0n) is 15.0. The number of piperazine rings is 1. The normalized spacial score (nSPS) is 24.6. The van der Waals surface area contributed by atoms with Gasteiger partial charge in [-0.05, 0) is 25.7 Å². The van der Waals surface area contributed by atoms with Crippen molar-refractivity contribution >= 4 is 29.9 Å². The van der Waals surface area contributed by atoms with Crippen molar-refractivity contribution in [1.29, 1.82) is 0 Å². The van der Waals surface area contributed by atoms with E-state index in [0.717, 1.165) is 56.1 Å². The van der Waals surface area contributed by atoms with Crippen LogP contribution in [0.2, 0.25) is 0 Å².